The molecule has 1 unspecified atom stereocenters. The summed E-state index contributed by atoms with van der Waals surface area (Å²) in [7, 11) is -3.82. The second kappa shape index (κ2) is 13.1. The molecule has 3 aromatic carbocycles. The number of hydrogen-bond acceptors (Lipinski definition) is 7. The van der Waals surface area contributed by atoms with Gasteiger partial charge in [-0.25, -0.2) is 13.6 Å². The summed E-state index contributed by atoms with van der Waals surface area (Å²) in [5.41, 5.74) is 1.30. The van der Waals surface area contributed by atoms with Crippen LogP contribution in [0.4, 0.5) is 11.4 Å². The Bertz CT molecular complexity index is 1650. The van der Waals surface area contributed by atoms with E-state index in [1.165, 1.54) is 48.4 Å². The summed E-state index contributed by atoms with van der Waals surface area (Å²) in [6, 6.07) is 24.3. The fourth-order valence-electron chi connectivity index (χ4n) is 3.50. The second-order valence-corrected chi connectivity index (χ2v) is 11.7. The third-order valence-electron chi connectivity index (χ3n) is 5.60. The van der Waals surface area contributed by atoms with E-state index < -0.39 is 27.1 Å². The zero-order chi connectivity index (χ0) is 29.4. The zero-order valence-electron chi connectivity index (χ0n) is 21.7. The summed E-state index contributed by atoms with van der Waals surface area (Å²) in [5, 5.41) is 12.7. The maximum atomic E-state index is 13.1. The highest BCUT2D eigenvalue weighted by atomic mass is 32.2. The maximum absolute atomic E-state index is 13.1. The van der Waals surface area contributed by atoms with Gasteiger partial charge in [-0.3, -0.25) is 14.4 Å². The number of thioether (sulfide) groups is 1. The van der Waals surface area contributed by atoms with Crippen LogP contribution in [0.2, 0.25) is 0 Å². The molecule has 5 N–H and O–H groups in total. The van der Waals surface area contributed by atoms with Crippen molar-refractivity contribution in [3.05, 3.63) is 114 Å². The van der Waals surface area contributed by atoms with E-state index in [-0.39, 0.29) is 16.5 Å². The van der Waals surface area contributed by atoms with E-state index >= 15 is 0 Å². The van der Waals surface area contributed by atoms with Crippen molar-refractivity contribution in [2.75, 3.05) is 10.6 Å². The summed E-state index contributed by atoms with van der Waals surface area (Å²) in [6.07, 6.45) is 2.89. The Hall–Kier alpha value is -4.65. The van der Waals surface area contributed by atoms with Gasteiger partial charge >= 0.3 is 0 Å². The highest BCUT2D eigenvalue weighted by Gasteiger charge is 2.17. The van der Waals surface area contributed by atoms with E-state index in [0.717, 1.165) is 4.90 Å². The van der Waals surface area contributed by atoms with Crippen LogP contribution in [0, 0.1) is 0 Å². The van der Waals surface area contributed by atoms with Crippen LogP contribution in [0.3, 0.4) is 0 Å². The Morgan fingerprint density at radius 2 is 1.49 bits per heavy atom. The van der Waals surface area contributed by atoms with E-state index in [1.807, 2.05) is 0 Å². The van der Waals surface area contributed by atoms with Gasteiger partial charge in [-0.05, 0) is 79.7 Å². The summed E-state index contributed by atoms with van der Waals surface area (Å²) in [5.74, 6) is -0.884. The average Bonchev–Trinajstić information content (AvgIpc) is 3.47. The first kappa shape index (κ1) is 29.3. The number of sulfonamides is 1. The first-order valence-corrected chi connectivity index (χ1v) is 14.6. The molecular formula is C29H26N4O6S2. The topological polar surface area (TPSA) is 161 Å². The molecule has 0 saturated carbocycles. The lowest BCUT2D eigenvalue weighted by Crippen LogP contribution is -2.30. The van der Waals surface area contributed by atoms with E-state index in [1.54, 1.807) is 73.7 Å². The summed E-state index contributed by atoms with van der Waals surface area (Å²) in [4.78, 5) is 39.1. The van der Waals surface area contributed by atoms with Gasteiger partial charge in [0.25, 0.3) is 11.8 Å². The molecular weight excluding hydrogens is 564 g/mol. The Morgan fingerprint density at radius 3 is 2.10 bits per heavy atom. The highest BCUT2D eigenvalue weighted by Crippen LogP contribution is 2.26. The number of amides is 3. The lowest BCUT2D eigenvalue weighted by atomic mass is 10.2. The number of hydrogen-bond donors (Lipinski definition) is 4. The Labute approximate surface area is 241 Å². The van der Waals surface area contributed by atoms with Gasteiger partial charge in [0, 0.05) is 27.9 Å². The molecule has 4 rings (SSSR count). The van der Waals surface area contributed by atoms with Crippen LogP contribution in [0.5, 0.6) is 0 Å². The molecule has 1 atom stereocenters. The molecule has 0 saturated heterocycles. The fourth-order valence-corrected chi connectivity index (χ4v) is 4.89. The van der Waals surface area contributed by atoms with Crippen LogP contribution < -0.4 is 21.1 Å². The van der Waals surface area contributed by atoms with Crippen molar-refractivity contribution < 1.29 is 27.2 Å². The molecule has 0 bridgehead atoms. The second-order valence-electron chi connectivity index (χ2n) is 8.69. The number of benzene rings is 3. The predicted molar refractivity (Wildman–Crippen MR) is 157 cm³/mol. The summed E-state index contributed by atoms with van der Waals surface area (Å²) in [6.45, 7) is 1.73. The number of anilines is 2. The molecule has 0 aliphatic carbocycles. The fraction of sp³-hybridized carbons (Fsp3) is 0.0690. The summed E-state index contributed by atoms with van der Waals surface area (Å²) < 4.78 is 28.1. The van der Waals surface area contributed by atoms with Crippen LogP contribution in [0.1, 0.15) is 23.0 Å². The Balaban J connectivity index is 1.37. The van der Waals surface area contributed by atoms with Gasteiger partial charge in [-0.1, -0.05) is 18.2 Å². The van der Waals surface area contributed by atoms with E-state index in [4.69, 9.17) is 9.56 Å². The van der Waals surface area contributed by atoms with Gasteiger partial charge in [0.2, 0.25) is 15.9 Å². The quantitative estimate of drug-likeness (QED) is 0.157. The van der Waals surface area contributed by atoms with Crippen molar-refractivity contribution in [3.63, 3.8) is 0 Å². The first-order chi connectivity index (χ1) is 19.6. The number of carbonyl (C=O) groups excluding carboxylic acids is 3. The number of nitrogens with one attached hydrogen (secondary N) is 3. The predicted octanol–water partition coefficient (Wildman–Crippen LogP) is 4.46. The molecule has 41 heavy (non-hydrogen) atoms. The van der Waals surface area contributed by atoms with Gasteiger partial charge in [0.1, 0.15) is 11.5 Å². The Kier molecular flexibility index (Phi) is 9.40. The van der Waals surface area contributed by atoms with E-state index in [0.29, 0.717) is 22.7 Å². The van der Waals surface area contributed by atoms with E-state index in [2.05, 4.69) is 16.0 Å². The van der Waals surface area contributed by atoms with Gasteiger partial charge in [-0.2, -0.15) is 0 Å². The van der Waals surface area contributed by atoms with Crippen molar-refractivity contribution in [2.24, 2.45) is 5.14 Å². The highest BCUT2D eigenvalue weighted by molar-refractivity contribution is 8.00. The normalized spacial score (nSPS) is 12.3. The SMILES string of the molecule is CC(Sc1ccc(NC(=O)/C(=C/c2ccco2)NC(=O)c2ccccc2)cc1)C(=O)Nc1ccc(S(N)(=O)=O)cc1. The zero-order valence-corrected chi connectivity index (χ0v) is 23.4. The van der Waals surface area contributed by atoms with Crippen molar-refractivity contribution >= 4 is 57.0 Å². The minimum atomic E-state index is -3.82. The van der Waals surface area contributed by atoms with Gasteiger partial charge in [0.05, 0.1) is 16.4 Å². The van der Waals surface area contributed by atoms with Crippen LogP contribution in [-0.4, -0.2) is 31.4 Å². The van der Waals surface area contributed by atoms with Crippen LogP contribution in [-0.2, 0) is 19.6 Å². The molecule has 0 aliphatic heterocycles. The third kappa shape index (κ3) is 8.42. The average molecular weight is 591 g/mol. The molecule has 0 aliphatic rings. The van der Waals surface area contributed by atoms with Gasteiger partial charge in [-0.15, -0.1) is 11.8 Å². The molecule has 210 valence electrons. The van der Waals surface area contributed by atoms with Crippen LogP contribution in [0.25, 0.3) is 6.08 Å². The monoisotopic (exact) mass is 590 g/mol. The van der Waals surface area contributed by atoms with Gasteiger partial charge in [0.15, 0.2) is 0 Å². The van der Waals surface area contributed by atoms with Gasteiger partial charge < -0.3 is 20.4 Å². The molecule has 12 heteroatoms. The number of furan rings is 1. The number of nitrogens with two attached hydrogens (primary N) is 1. The largest absolute Gasteiger partial charge is 0.465 e. The standard InChI is InChI=1S/C29H26N4O6S2/c1-19(27(34)31-22-11-15-25(16-12-22)41(30,37)38)40-24-13-9-21(10-14-24)32-29(36)26(18-23-8-5-17-39-23)33-28(35)20-6-3-2-4-7-20/h2-19H,1H3,(H,31,34)(H,32,36)(H,33,35)(H2,30,37,38)/b26-18-. The minimum Gasteiger partial charge on any atom is -0.465 e. The van der Waals surface area contributed by atoms with E-state index in [9.17, 15) is 22.8 Å². The number of primary sulfonamides is 1. The molecule has 3 amide bonds. The minimum absolute atomic E-state index is 0.00496. The van der Waals surface area contributed by atoms with Crippen molar-refractivity contribution in [1.29, 1.82) is 0 Å². The van der Waals surface area contributed by atoms with Crippen LogP contribution >= 0.6 is 11.8 Å². The maximum Gasteiger partial charge on any atom is 0.272 e. The van der Waals surface area contributed by atoms with Crippen molar-refractivity contribution in [2.45, 2.75) is 22.0 Å². The molecule has 0 radical (unpaired) electrons. The first-order valence-electron chi connectivity index (χ1n) is 12.2. The molecule has 1 heterocycles. The van der Waals surface area contributed by atoms with Crippen molar-refractivity contribution in [3.8, 4) is 0 Å². The smallest absolute Gasteiger partial charge is 0.272 e. The lowest BCUT2D eigenvalue weighted by Gasteiger charge is -2.13. The third-order valence-corrected chi connectivity index (χ3v) is 7.64. The molecule has 1 aromatic heterocycles. The molecule has 10 nitrogen and oxygen atoms in total. The molecule has 4 aromatic rings. The number of rotatable bonds is 10. The van der Waals surface area contributed by atoms with Crippen molar-refractivity contribution in [1.82, 2.24) is 5.32 Å². The number of carbonyl (C=O) groups is 3. The lowest BCUT2D eigenvalue weighted by molar-refractivity contribution is -0.115. The van der Waals surface area contributed by atoms with Crippen LogP contribution in [0.15, 0.2) is 117 Å². The molecule has 0 fully saturated rings. The summed E-state index contributed by atoms with van der Waals surface area (Å²) >= 11 is 1.30. The molecule has 0 spiro atoms. The Morgan fingerprint density at radius 1 is 0.854 bits per heavy atom.